The van der Waals surface area contributed by atoms with Gasteiger partial charge in [0.25, 0.3) is 29.1 Å². The molecule has 12 heterocycles. The van der Waals surface area contributed by atoms with Gasteiger partial charge in [-0.3, -0.25) is 14.4 Å². The van der Waals surface area contributed by atoms with E-state index in [2.05, 4.69) is 72.8 Å². The molecule has 14 rings (SSSR count). The second-order valence-electron chi connectivity index (χ2n) is 29.8. The molecule has 7 atom stereocenters. The Morgan fingerprint density at radius 3 is 1.40 bits per heavy atom. The van der Waals surface area contributed by atoms with Crippen LogP contribution in [0.5, 0.6) is 29.4 Å². The fourth-order valence-electron chi connectivity index (χ4n) is 13.1. The third kappa shape index (κ3) is 33.1. The first kappa shape index (κ1) is 109. The number of nitrogens with two attached hydrogens (primary N) is 1. The Kier molecular flexibility index (Phi) is 42.1. The number of nitrogens with one attached hydrogen (secondary N) is 6. The van der Waals surface area contributed by atoms with Crippen molar-refractivity contribution in [1.29, 1.82) is 0 Å². The van der Waals surface area contributed by atoms with E-state index in [9.17, 15) is 81.0 Å². The van der Waals surface area contributed by atoms with Crippen LogP contribution in [-0.2, 0) is 96.3 Å². The number of pyridine rings is 5. The molecule has 4 fully saturated rings. The summed E-state index contributed by atoms with van der Waals surface area (Å²) in [7, 11) is 2.21. The van der Waals surface area contributed by atoms with Crippen molar-refractivity contribution in [3.05, 3.63) is 236 Å². The van der Waals surface area contributed by atoms with Crippen LogP contribution in [0, 0.1) is 0 Å². The van der Waals surface area contributed by atoms with Gasteiger partial charge in [0, 0.05) is 189 Å². The number of rotatable bonds is 27. The van der Waals surface area contributed by atoms with Gasteiger partial charge in [-0.1, -0.05) is 88.7 Å². The lowest BCUT2D eigenvalue weighted by Crippen LogP contribution is -2.56. The minimum Gasteiger partial charge on any atom is -0.481 e. The number of piperazine rings is 4. The molecule has 7 unspecified atom stereocenters. The van der Waals surface area contributed by atoms with Gasteiger partial charge in [-0.2, -0.15) is 35.0 Å². The van der Waals surface area contributed by atoms with Gasteiger partial charge in [0.05, 0.1) is 55.2 Å². The van der Waals surface area contributed by atoms with E-state index in [1.165, 1.54) is 91.6 Å². The molecule has 0 aliphatic carbocycles. The molecule has 134 heavy (non-hydrogen) atoms. The van der Waals surface area contributed by atoms with Crippen LogP contribution in [0.15, 0.2) is 209 Å². The van der Waals surface area contributed by atoms with E-state index in [0.717, 1.165) is 67.0 Å². The van der Waals surface area contributed by atoms with Gasteiger partial charge in [-0.25, -0.2) is 55.0 Å². The summed E-state index contributed by atoms with van der Waals surface area (Å²) < 4.78 is 184. The molecule has 33 nitrogen and oxygen atoms in total. The number of amides is 3. The maximum Gasteiger partial charge on any atom is 0.421 e. The largest absolute Gasteiger partial charge is 0.481 e. The summed E-state index contributed by atoms with van der Waals surface area (Å²) in [4.78, 5) is 69.4. The second-order valence-corrected chi connectivity index (χ2v) is 40.7. The minimum absolute atomic E-state index is 0.0399. The first-order valence-electron chi connectivity index (χ1n) is 41.2. The molecule has 0 saturated carbocycles. The predicted molar refractivity (Wildman–Crippen MR) is 498 cm³/mol. The summed E-state index contributed by atoms with van der Waals surface area (Å²) in [5, 5.41) is 42.3. The Balaban J connectivity index is 0.000000200. The summed E-state index contributed by atoms with van der Waals surface area (Å²) in [5.41, 5.74) is 3.60. The van der Waals surface area contributed by atoms with Crippen LogP contribution >= 0.6 is 60.6 Å². The quantitative estimate of drug-likeness (QED) is 0.0131. The predicted octanol–water partition coefficient (Wildman–Crippen LogP) is 9.38. The molecule has 0 bridgehead atoms. The molecule has 0 radical (unpaired) electrons. The fourth-order valence-corrected chi connectivity index (χ4v) is 20.5. The average Bonchev–Trinajstić information content (AvgIpc) is 1.29. The molecule has 4 aliphatic rings. The van der Waals surface area contributed by atoms with Crippen molar-refractivity contribution in [2.45, 2.75) is 119 Å². The molecule has 10 aromatic rings. The molecule has 47 heteroatoms. The standard InChI is InChI=1S/C24H26F3N3O4S2.C15H19N3O3S2.C13H19N3O4.C11H13N3O3.C11H17N3O.C9H8BrF3O.C4H3ClO2S2/c1-23(31,24(25,26)27)17-8-10-19(11-9-17)30-13-12-29(36(32,33)22-7-4-14-35-22)16-20(30)15-18-5-3-6-21(28-18)34-2;1-21-14-5-2-4-12(17-14)10-13-11-18(8-7-16-13)23(19,20)15-6-3-9-22-15;1-3-20-13(18)10(16-11(17)8-14)7-9-5-4-6-12(15-9)19-2;1-17-10-4-2-3-7(13-10)5-8-11(16)12-6-9(15)14-8;1-15-11-4-2-3-9(14-11)7-10-8-12-5-6-13-10;1-8(14,9(11,12)13)6-2-4-7(10)5-3-6;5-9(6,7)4-2-1-3-8-4/h3-11,14,20,31H,12-13,15-16H2,1-2H3;2-6,9,13,16H,7-8,10-11H2,1H3;4-6,10H,3,7-8,14H2,1-2H3,(H,16,17);2-4,8H,5-6H2,1H3,(H,12,16)(H,14,15);2-4,10,12-13H,5-8H2,1H3;2-5,14H,1H3;1-3H. The van der Waals surface area contributed by atoms with Crippen molar-refractivity contribution >= 4 is 119 Å². The summed E-state index contributed by atoms with van der Waals surface area (Å²) in [6.07, 6.45) is -6.93. The van der Waals surface area contributed by atoms with Crippen molar-refractivity contribution in [2.24, 2.45) is 5.73 Å². The highest BCUT2D eigenvalue weighted by atomic mass is 79.9. The molecule has 0 spiro atoms. The summed E-state index contributed by atoms with van der Waals surface area (Å²) in [6, 6.07) is 46.8. The number of sulfonamides is 2. The number of thiophene rings is 3. The summed E-state index contributed by atoms with van der Waals surface area (Å²) in [6.45, 7) is 8.62. The monoisotopic (exact) mass is 2070 g/mol. The van der Waals surface area contributed by atoms with E-state index in [0.29, 0.717) is 119 Å². The number of benzene rings is 2. The van der Waals surface area contributed by atoms with Crippen LogP contribution in [0.4, 0.5) is 32.0 Å². The zero-order valence-corrected chi connectivity index (χ0v) is 81.2. The van der Waals surface area contributed by atoms with E-state index >= 15 is 0 Å². The number of ether oxygens (including phenoxy) is 6. The molecule has 3 amide bonds. The smallest absolute Gasteiger partial charge is 0.421 e. The lowest BCUT2D eigenvalue weighted by molar-refractivity contribution is -0.259. The number of carbonyl (C=O) groups is 4. The molecule has 10 N–H and O–H groups in total. The lowest BCUT2D eigenvalue weighted by Gasteiger charge is -2.42. The maximum atomic E-state index is 13.3. The number of carbonyl (C=O) groups excluding carboxylic acids is 4. The minimum atomic E-state index is -4.82. The van der Waals surface area contributed by atoms with E-state index < -0.39 is 76.6 Å². The molecular weight excluding hydrogens is 1960 g/mol. The van der Waals surface area contributed by atoms with Crippen molar-refractivity contribution in [3.8, 4) is 29.4 Å². The number of methoxy groups -OCH3 is 5. The number of halogens is 8. The first-order valence-corrected chi connectivity index (χ1v) is 49.8. The van der Waals surface area contributed by atoms with Crippen LogP contribution in [0.2, 0.25) is 0 Å². The van der Waals surface area contributed by atoms with Crippen molar-refractivity contribution < 1.29 is 109 Å². The van der Waals surface area contributed by atoms with Gasteiger partial charge in [-0.05, 0) is 121 Å². The summed E-state index contributed by atoms with van der Waals surface area (Å²) in [5.74, 6) is 1.31. The molecule has 728 valence electrons. The van der Waals surface area contributed by atoms with Crippen LogP contribution in [0.1, 0.15) is 60.4 Å². The van der Waals surface area contributed by atoms with Crippen molar-refractivity contribution in [2.75, 3.05) is 119 Å². The number of aliphatic hydroxyl groups is 2. The van der Waals surface area contributed by atoms with Gasteiger partial charge in [0.1, 0.15) is 24.7 Å². The van der Waals surface area contributed by atoms with Crippen molar-refractivity contribution in [1.82, 2.24) is 65.4 Å². The second kappa shape index (κ2) is 51.7. The Bertz CT molecular complexity index is 5720. The third-order valence-electron chi connectivity index (χ3n) is 20.3. The maximum absolute atomic E-state index is 13.3. The number of hydrogen-bond donors (Lipinski definition) is 9. The van der Waals surface area contributed by atoms with E-state index in [1.54, 1.807) is 127 Å². The third-order valence-corrected chi connectivity index (χ3v) is 30.3. The van der Waals surface area contributed by atoms with Gasteiger partial charge >= 0.3 is 18.3 Å². The van der Waals surface area contributed by atoms with Crippen LogP contribution in [0.25, 0.3) is 0 Å². The Morgan fingerprint density at radius 2 is 0.978 bits per heavy atom. The Labute approximate surface area is 797 Å². The van der Waals surface area contributed by atoms with Gasteiger partial charge in [0.2, 0.25) is 47.1 Å². The van der Waals surface area contributed by atoms with Crippen LogP contribution in [0.3, 0.4) is 0 Å². The topological polar surface area (TPSA) is 439 Å². The Hall–Kier alpha value is -10.2. The van der Waals surface area contributed by atoms with E-state index in [4.69, 9.17) is 44.8 Å². The lowest BCUT2D eigenvalue weighted by atomic mass is 9.95. The molecule has 4 saturated heterocycles. The number of anilines is 1. The number of aromatic nitrogens is 5. The fraction of sp³-hybridized carbons (Fsp3) is 0.391. The molecular formula is C87H105BrClF6N15O18S6. The zero-order valence-electron chi connectivity index (χ0n) is 73.9. The zero-order chi connectivity index (χ0) is 98.0. The number of alkyl halides is 6. The average molecular weight is 2070 g/mol. The Morgan fingerprint density at radius 1 is 0.552 bits per heavy atom. The number of hydrogen-bond acceptors (Lipinski definition) is 31. The van der Waals surface area contributed by atoms with Crippen LogP contribution < -0.4 is 66.2 Å². The number of esters is 1. The van der Waals surface area contributed by atoms with Crippen molar-refractivity contribution in [3.63, 3.8) is 0 Å². The van der Waals surface area contributed by atoms with Crippen LogP contribution in [-0.4, -0.2) is 249 Å². The van der Waals surface area contributed by atoms with Gasteiger partial charge in [0.15, 0.2) is 11.2 Å². The highest BCUT2D eigenvalue weighted by Gasteiger charge is 2.52. The van der Waals surface area contributed by atoms with Gasteiger partial charge in [-0.15, -0.1) is 34.0 Å². The highest BCUT2D eigenvalue weighted by molar-refractivity contribution is 9.10. The normalized spacial score (nSPS) is 17.6. The number of nitrogens with zero attached hydrogens (tertiary/aromatic N) is 8. The van der Waals surface area contributed by atoms with E-state index in [-0.39, 0.29) is 82.7 Å². The molecule has 4 aliphatic heterocycles. The van der Waals surface area contributed by atoms with Gasteiger partial charge < -0.3 is 81.2 Å². The first-order chi connectivity index (χ1) is 63.5. The molecule has 8 aromatic heterocycles. The summed E-state index contributed by atoms with van der Waals surface area (Å²) >= 11 is 6.61. The SMILES string of the molecule is CC(O)(c1ccc(Br)cc1)C(F)(F)F.CCOC(=O)C(Cc1cccc(OC)n1)NC(=O)CN.COc1cccc(CC2CN(S(=O)(=O)c3cccs3)CCN2)n1.COc1cccc(CC2CN(S(=O)(=O)c3cccs3)CCN2c2ccc(C(C)(O)C(F)(F)F)cc2)n1.COc1cccc(CC2CNCCN2)n1.COc1cccc(CC2NC(=O)CNC2=O)n1.O=S(=O)(Cl)c1cccs1. The highest BCUT2D eigenvalue weighted by Crippen LogP contribution is 2.41. The van der Waals surface area contributed by atoms with E-state index in [1.807, 2.05) is 41.3 Å². The molecule has 2 aromatic carbocycles.